The van der Waals surface area contributed by atoms with Crippen LogP contribution in [0.3, 0.4) is 0 Å². The van der Waals surface area contributed by atoms with Crippen molar-refractivity contribution in [2.24, 2.45) is 0 Å². The van der Waals surface area contributed by atoms with Gasteiger partial charge in [0.05, 0.1) is 0 Å². The van der Waals surface area contributed by atoms with Crippen LogP contribution in [0.25, 0.3) is 11.4 Å². The maximum absolute atomic E-state index is 10.2. The van der Waals surface area contributed by atoms with Crippen molar-refractivity contribution in [3.05, 3.63) is 48.8 Å². The van der Waals surface area contributed by atoms with Crippen LogP contribution in [0.15, 0.2) is 48.8 Å². The highest BCUT2D eigenvalue weighted by atomic mass is 31.2. The number of rotatable bonds is 3. The smallest absolute Gasteiger partial charge is 0.449 e. The molecule has 0 amide bonds. The summed E-state index contributed by atoms with van der Waals surface area (Å²) in [5.74, 6) is 0.776. The van der Waals surface area contributed by atoms with Crippen molar-refractivity contribution in [1.82, 2.24) is 9.97 Å². The molecule has 0 fully saturated rings. The van der Waals surface area contributed by atoms with E-state index in [1.54, 1.807) is 12.4 Å². The average molecular weight is 342 g/mol. The first-order valence-electron chi connectivity index (χ1n) is 5.80. The van der Waals surface area contributed by atoms with Crippen LogP contribution in [0, 0.1) is 0 Å². The number of hydrogen-bond donors (Lipinski definition) is 3. The maximum Gasteiger partial charge on any atom is 0.594 e. The van der Waals surface area contributed by atoms with Gasteiger partial charge in [0.25, 0.3) is 0 Å². The number of carbonyl (C=O) groups is 2. The van der Waals surface area contributed by atoms with Crippen LogP contribution in [0.1, 0.15) is 0 Å². The molecule has 0 spiro atoms. The Hall–Kier alpha value is -2.97. The Morgan fingerprint density at radius 1 is 0.913 bits per heavy atom. The topological polar surface area (TPSA) is 156 Å². The molecular weight excluding hydrogens is 331 g/mol. The fourth-order valence-corrected chi connectivity index (χ4v) is 1.68. The third-order valence-corrected chi connectivity index (χ3v) is 2.76. The molecule has 11 heteroatoms. The summed E-state index contributed by atoms with van der Waals surface area (Å²) in [4.78, 5) is 35.6. The number of benzene rings is 1. The minimum Gasteiger partial charge on any atom is -0.449 e. The fourth-order valence-electron chi connectivity index (χ4n) is 1.25. The Kier molecular flexibility index (Phi) is 6.66. The lowest BCUT2D eigenvalue weighted by molar-refractivity contribution is 0.102. The van der Waals surface area contributed by atoms with Crippen LogP contribution in [-0.4, -0.2) is 37.4 Å². The zero-order valence-electron chi connectivity index (χ0n) is 11.3. The number of nitrogens with zero attached hydrogens (tertiary/aromatic N) is 2. The third kappa shape index (κ3) is 7.55. The summed E-state index contributed by atoms with van der Waals surface area (Å²) in [6, 6.07) is 11.7. The van der Waals surface area contributed by atoms with Gasteiger partial charge in [-0.2, -0.15) is 0 Å². The summed E-state index contributed by atoms with van der Waals surface area (Å²) in [5, 5.41) is 15.5. The quantitative estimate of drug-likeness (QED) is 0.708. The minimum absolute atomic E-state index is 0.776. The van der Waals surface area contributed by atoms with Crippen molar-refractivity contribution in [3.63, 3.8) is 0 Å². The molecule has 1 aromatic carbocycles. The molecule has 0 aliphatic rings. The van der Waals surface area contributed by atoms with Gasteiger partial charge in [-0.3, -0.25) is 4.89 Å². The van der Waals surface area contributed by atoms with E-state index in [1.165, 1.54) is 0 Å². The molecule has 0 unspecified atom stereocenters. The van der Waals surface area contributed by atoms with Gasteiger partial charge in [-0.25, -0.2) is 24.1 Å². The highest BCUT2D eigenvalue weighted by Crippen LogP contribution is 2.43. The Morgan fingerprint density at radius 2 is 1.39 bits per heavy atom. The van der Waals surface area contributed by atoms with Crippen molar-refractivity contribution in [1.29, 1.82) is 0 Å². The highest BCUT2D eigenvalue weighted by Gasteiger charge is 2.30. The van der Waals surface area contributed by atoms with Crippen LogP contribution in [0.5, 0.6) is 0 Å². The first-order valence-corrected chi connectivity index (χ1v) is 7.30. The van der Waals surface area contributed by atoms with E-state index in [4.69, 9.17) is 15.1 Å². The molecule has 3 N–H and O–H groups in total. The van der Waals surface area contributed by atoms with Crippen LogP contribution < -0.4 is 0 Å². The first-order chi connectivity index (χ1) is 10.8. The summed E-state index contributed by atoms with van der Waals surface area (Å²) >= 11 is 0. The van der Waals surface area contributed by atoms with Gasteiger partial charge >= 0.3 is 20.1 Å². The standard InChI is InChI=1S/C10H8N2.C2H3O8P/c1-2-5-9(6-3-1)10-11-7-4-8-12-10;3-1(4)9-11(7,8)10-2(5)6/h1-8H;(H,3,4)(H,5,6)(H,7,8). The number of carboxylic acid groups (broad SMARTS) is 2. The zero-order valence-corrected chi connectivity index (χ0v) is 12.2. The normalized spacial score (nSPS) is 9.96. The van der Waals surface area contributed by atoms with Gasteiger partial charge in [-0.05, 0) is 6.07 Å². The van der Waals surface area contributed by atoms with Crippen LogP contribution in [0.2, 0.25) is 0 Å². The van der Waals surface area contributed by atoms with Crippen LogP contribution in [-0.2, 0) is 13.6 Å². The average Bonchev–Trinajstić information content (AvgIpc) is 2.47. The van der Waals surface area contributed by atoms with Crippen molar-refractivity contribution in [3.8, 4) is 11.4 Å². The van der Waals surface area contributed by atoms with Gasteiger partial charge in [0.2, 0.25) is 0 Å². The molecule has 0 saturated carbocycles. The van der Waals surface area contributed by atoms with Crippen LogP contribution >= 0.6 is 7.82 Å². The Morgan fingerprint density at radius 3 is 1.83 bits per heavy atom. The Balaban J connectivity index is 0.000000232. The highest BCUT2D eigenvalue weighted by molar-refractivity contribution is 7.48. The van der Waals surface area contributed by atoms with E-state index in [-0.39, 0.29) is 0 Å². The molecule has 0 aliphatic heterocycles. The largest absolute Gasteiger partial charge is 0.594 e. The van der Waals surface area contributed by atoms with Gasteiger partial charge < -0.3 is 19.3 Å². The second-order valence-electron chi connectivity index (χ2n) is 3.62. The lowest BCUT2D eigenvalue weighted by atomic mass is 10.2. The summed E-state index contributed by atoms with van der Waals surface area (Å²) < 4.78 is 16.5. The van der Waals surface area contributed by atoms with Crippen molar-refractivity contribution in [2.45, 2.75) is 0 Å². The van der Waals surface area contributed by atoms with E-state index >= 15 is 0 Å². The molecule has 1 heterocycles. The van der Waals surface area contributed by atoms with E-state index < -0.39 is 20.1 Å². The summed E-state index contributed by atoms with van der Waals surface area (Å²) in [6.45, 7) is 0. The zero-order chi connectivity index (χ0) is 17.3. The molecule has 0 bridgehead atoms. The van der Waals surface area contributed by atoms with Gasteiger partial charge in [0, 0.05) is 18.0 Å². The number of phosphoric acid groups is 1. The summed E-state index contributed by atoms with van der Waals surface area (Å²) in [5.41, 5.74) is 1.05. The second-order valence-corrected chi connectivity index (χ2v) is 4.92. The van der Waals surface area contributed by atoms with E-state index in [9.17, 15) is 14.2 Å². The minimum atomic E-state index is -5.00. The maximum atomic E-state index is 10.2. The van der Waals surface area contributed by atoms with Gasteiger partial charge in [-0.1, -0.05) is 30.3 Å². The first kappa shape index (κ1) is 18.1. The molecule has 0 aliphatic carbocycles. The molecule has 23 heavy (non-hydrogen) atoms. The monoisotopic (exact) mass is 342 g/mol. The molecule has 0 atom stereocenters. The number of aromatic nitrogens is 2. The predicted octanol–water partition coefficient (Wildman–Crippen LogP) is 2.62. The van der Waals surface area contributed by atoms with Crippen molar-refractivity contribution < 1.29 is 38.3 Å². The van der Waals surface area contributed by atoms with E-state index in [0.717, 1.165) is 11.4 Å². The summed E-state index contributed by atoms with van der Waals surface area (Å²) in [7, 11) is -5.00. The van der Waals surface area contributed by atoms with Crippen molar-refractivity contribution >= 4 is 20.1 Å². The molecule has 122 valence electrons. The predicted molar refractivity (Wildman–Crippen MR) is 75.5 cm³/mol. The molecular formula is C12H11N2O8P. The molecule has 10 nitrogen and oxygen atoms in total. The molecule has 2 aromatic rings. The lowest BCUT2D eigenvalue weighted by Gasteiger charge is -2.04. The summed E-state index contributed by atoms with van der Waals surface area (Å²) in [6.07, 6.45) is -0.709. The molecule has 0 radical (unpaired) electrons. The Bertz CT molecular complexity index is 637. The second kappa shape index (κ2) is 8.47. The van der Waals surface area contributed by atoms with Gasteiger partial charge in [-0.15, -0.1) is 0 Å². The number of hydrogen-bond acceptors (Lipinski definition) is 7. The van der Waals surface area contributed by atoms with E-state index in [2.05, 4.69) is 19.0 Å². The van der Waals surface area contributed by atoms with Crippen LogP contribution in [0.4, 0.5) is 9.59 Å². The van der Waals surface area contributed by atoms with E-state index in [0.29, 0.717) is 0 Å². The lowest BCUT2D eigenvalue weighted by Crippen LogP contribution is -2.04. The molecule has 2 rings (SSSR count). The fraction of sp³-hybridized carbons (Fsp3) is 0. The van der Waals surface area contributed by atoms with Gasteiger partial charge in [0.15, 0.2) is 5.82 Å². The molecule has 1 aromatic heterocycles. The van der Waals surface area contributed by atoms with Crippen molar-refractivity contribution in [2.75, 3.05) is 0 Å². The third-order valence-electron chi connectivity index (χ3n) is 1.98. The molecule has 0 saturated heterocycles. The van der Waals surface area contributed by atoms with E-state index in [1.807, 2.05) is 36.4 Å². The van der Waals surface area contributed by atoms with Gasteiger partial charge in [0.1, 0.15) is 0 Å². The Labute approximate surface area is 129 Å². The number of phosphoric ester groups is 1. The SMILES string of the molecule is O=C(O)OP(=O)(O)OC(=O)O.c1ccc(-c2ncccn2)cc1.